The largest absolute Gasteiger partial charge is 0.369 e. The van der Waals surface area contributed by atoms with Crippen LogP contribution in [0.25, 0.3) is 0 Å². The maximum atomic E-state index is 10.5. The summed E-state index contributed by atoms with van der Waals surface area (Å²) in [5, 5.41) is 0. The molecule has 1 aliphatic heterocycles. The molecule has 2 N–H and O–H groups in total. The molecule has 54 valence electrons. The molecule has 0 amide bonds. The Hall–Kier alpha value is -0.120. The van der Waals surface area contributed by atoms with E-state index in [0.29, 0.717) is 0 Å². The van der Waals surface area contributed by atoms with E-state index in [1.165, 1.54) is 0 Å². The third-order valence-electron chi connectivity index (χ3n) is 1.37. The lowest BCUT2D eigenvalue weighted by Crippen LogP contribution is -2.33. The summed E-state index contributed by atoms with van der Waals surface area (Å²) in [5.74, 6) is 0.0116. The van der Waals surface area contributed by atoms with Crippen LogP contribution in [0.5, 0.6) is 0 Å². The van der Waals surface area contributed by atoms with Gasteiger partial charge >= 0.3 is 0 Å². The number of ketones is 1. The Kier molecular flexibility index (Phi) is 3.11. The van der Waals surface area contributed by atoms with Gasteiger partial charge in [-0.1, -0.05) is 0 Å². The Morgan fingerprint density at radius 2 is 2.33 bits per heavy atom. The van der Waals surface area contributed by atoms with Gasteiger partial charge in [-0.2, -0.15) is 0 Å². The molecule has 1 fully saturated rings. The first-order valence-electron chi connectivity index (χ1n) is 2.61. The summed E-state index contributed by atoms with van der Waals surface area (Å²) < 4.78 is 4.90. The molecule has 1 saturated heterocycles. The molecule has 0 saturated carbocycles. The molecule has 0 aromatic heterocycles. The Labute approximate surface area is 60.0 Å². The zero-order chi connectivity index (χ0) is 6.15. The molecule has 0 spiro atoms. The molecule has 4 heteroatoms. The molecule has 1 rings (SSSR count). The average Bonchev–Trinajstić information content (AvgIpc) is 1.98. The van der Waals surface area contributed by atoms with E-state index in [2.05, 4.69) is 0 Å². The van der Waals surface area contributed by atoms with Crippen LogP contribution in [-0.4, -0.2) is 24.5 Å². The second-order valence-electron chi connectivity index (χ2n) is 2.01. The van der Waals surface area contributed by atoms with E-state index in [1.54, 1.807) is 6.92 Å². The number of halogens is 1. The van der Waals surface area contributed by atoms with Gasteiger partial charge in [-0.25, -0.2) is 0 Å². The molecule has 2 atom stereocenters. The summed E-state index contributed by atoms with van der Waals surface area (Å²) in [5.41, 5.74) is 5.35. The van der Waals surface area contributed by atoms with E-state index in [9.17, 15) is 4.79 Å². The van der Waals surface area contributed by atoms with E-state index in [1.807, 2.05) is 0 Å². The number of nitrogens with two attached hydrogens (primary N) is 1. The minimum absolute atomic E-state index is 0. The lowest BCUT2D eigenvalue weighted by Gasteiger charge is -2.03. The smallest absolute Gasteiger partial charge is 0.177 e. The predicted molar refractivity (Wildman–Crippen MR) is 35.6 cm³/mol. The van der Waals surface area contributed by atoms with Gasteiger partial charge in [-0.05, 0) is 6.92 Å². The number of ether oxygens (including phenoxy) is 1. The maximum Gasteiger partial charge on any atom is 0.177 e. The topological polar surface area (TPSA) is 52.3 Å². The lowest BCUT2D eigenvalue weighted by molar-refractivity contribution is -0.118. The maximum absolute atomic E-state index is 10.5. The van der Waals surface area contributed by atoms with Crippen LogP contribution in [0.4, 0.5) is 0 Å². The normalized spacial score (nSPS) is 34.2. The van der Waals surface area contributed by atoms with Gasteiger partial charge in [-0.3, -0.25) is 4.79 Å². The van der Waals surface area contributed by atoms with Gasteiger partial charge in [0.05, 0.1) is 12.1 Å². The van der Waals surface area contributed by atoms with Crippen molar-refractivity contribution in [3.05, 3.63) is 0 Å². The number of carbonyl (C=O) groups is 1. The average molecular weight is 152 g/mol. The van der Waals surface area contributed by atoms with Crippen molar-refractivity contribution in [1.82, 2.24) is 0 Å². The van der Waals surface area contributed by atoms with Gasteiger partial charge in [0.2, 0.25) is 0 Å². The summed E-state index contributed by atoms with van der Waals surface area (Å²) in [6.07, 6.45) is -0.0810. The van der Waals surface area contributed by atoms with Crippen molar-refractivity contribution < 1.29 is 9.53 Å². The third kappa shape index (κ3) is 1.64. The number of Topliss-reactive ketones (excluding diaryl/α,β-unsaturated/α-hetero) is 1. The molecular formula is C5H10ClNO2. The predicted octanol–water partition coefficient (Wildman–Crippen LogP) is -0.277. The summed E-state index contributed by atoms with van der Waals surface area (Å²) in [6, 6.07) is -0.380. The minimum atomic E-state index is -0.380. The van der Waals surface area contributed by atoms with E-state index in [0.717, 1.165) is 0 Å². The molecule has 0 aromatic rings. The van der Waals surface area contributed by atoms with Gasteiger partial charge in [0.1, 0.15) is 6.61 Å². The van der Waals surface area contributed by atoms with Gasteiger partial charge in [0.25, 0.3) is 0 Å². The molecular weight excluding hydrogens is 142 g/mol. The third-order valence-corrected chi connectivity index (χ3v) is 1.37. The summed E-state index contributed by atoms with van der Waals surface area (Å²) in [6.45, 7) is 2.00. The Morgan fingerprint density at radius 1 is 1.78 bits per heavy atom. The van der Waals surface area contributed by atoms with Crippen LogP contribution in [0.1, 0.15) is 6.92 Å². The first kappa shape index (κ1) is 8.88. The monoisotopic (exact) mass is 151 g/mol. The highest BCUT2D eigenvalue weighted by molar-refractivity contribution is 5.87. The molecule has 1 unspecified atom stereocenters. The molecule has 0 aromatic carbocycles. The van der Waals surface area contributed by atoms with Crippen LogP contribution in [0.3, 0.4) is 0 Å². The highest BCUT2D eigenvalue weighted by Crippen LogP contribution is 2.05. The number of carbonyl (C=O) groups excluding carboxylic acids is 1. The van der Waals surface area contributed by atoms with Gasteiger partial charge in [0.15, 0.2) is 5.78 Å². The highest BCUT2D eigenvalue weighted by Gasteiger charge is 2.28. The highest BCUT2D eigenvalue weighted by atomic mass is 35.5. The molecule has 0 radical (unpaired) electrons. The Balaban J connectivity index is 0.000000640. The zero-order valence-electron chi connectivity index (χ0n) is 5.16. The van der Waals surface area contributed by atoms with Crippen LogP contribution in [0.2, 0.25) is 0 Å². The fourth-order valence-corrected chi connectivity index (χ4v) is 0.675. The fraction of sp³-hybridized carbons (Fsp3) is 0.800. The quantitative estimate of drug-likeness (QED) is 0.518. The van der Waals surface area contributed by atoms with E-state index >= 15 is 0 Å². The minimum Gasteiger partial charge on any atom is -0.369 e. The second kappa shape index (κ2) is 3.15. The first-order chi connectivity index (χ1) is 3.72. The first-order valence-corrected chi connectivity index (χ1v) is 2.61. The van der Waals surface area contributed by atoms with Crippen molar-refractivity contribution in [1.29, 1.82) is 0 Å². The molecule has 3 nitrogen and oxygen atoms in total. The van der Waals surface area contributed by atoms with E-state index in [-0.39, 0.29) is 36.9 Å². The van der Waals surface area contributed by atoms with Crippen molar-refractivity contribution in [2.75, 3.05) is 6.61 Å². The molecule has 1 heterocycles. The molecule has 9 heavy (non-hydrogen) atoms. The van der Waals surface area contributed by atoms with E-state index < -0.39 is 0 Å². The molecule has 0 aliphatic carbocycles. The van der Waals surface area contributed by atoms with Crippen LogP contribution >= 0.6 is 12.4 Å². The Morgan fingerprint density at radius 3 is 2.44 bits per heavy atom. The van der Waals surface area contributed by atoms with Gasteiger partial charge < -0.3 is 10.5 Å². The van der Waals surface area contributed by atoms with Crippen LogP contribution in [-0.2, 0) is 9.53 Å². The van der Waals surface area contributed by atoms with Crippen molar-refractivity contribution in [3.8, 4) is 0 Å². The van der Waals surface area contributed by atoms with Crippen molar-refractivity contribution in [2.45, 2.75) is 19.1 Å². The number of hydrogen-bond donors (Lipinski definition) is 1. The standard InChI is InChI=1S/C5H9NO2.ClH/c1-3-5(6)4(7)2-8-3;/h3,5H,2,6H2,1H3;1H/t3?,5-;/m0./s1. The van der Waals surface area contributed by atoms with Gasteiger partial charge in [0, 0.05) is 0 Å². The van der Waals surface area contributed by atoms with Crippen LogP contribution in [0.15, 0.2) is 0 Å². The summed E-state index contributed by atoms with van der Waals surface area (Å²) in [4.78, 5) is 10.5. The van der Waals surface area contributed by atoms with Crippen molar-refractivity contribution >= 4 is 18.2 Å². The molecule has 0 bridgehead atoms. The van der Waals surface area contributed by atoms with Crippen molar-refractivity contribution in [2.24, 2.45) is 5.73 Å². The van der Waals surface area contributed by atoms with Gasteiger partial charge in [-0.15, -0.1) is 12.4 Å². The molecule has 1 aliphatic rings. The summed E-state index contributed by atoms with van der Waals surface area (Å²) in [7, 11) is 0. The van der Waals surface area contributed by atoms with Crippen LogP contribution in [0, 0.1) is 0 Å². The van der Waals surface area contributed by atoms with Crippen LogP contribution < -0.4 is 5.73 Å². The number of hydrogen-bond acceptors (Lipinski definition) is 3. The number of rotatable bonds is 0. The fourth-order valence-electron chi connectivity index (χ4n) is 0.675. The Bertz CT molecular complexity index is 118. The SMILES string of the molecule is CC1OCC(=O)[C@H]1N.Cl. The summed E-state index contributed by atoms with van der Waals surface area (Å²) >= 11 is 0. The lowest BCUT2D eigenvalue weighted by atomic mass is 10.2. The second-order valence-corrected chi connectivity index (χ2v) is 2.01. The zero-order valence-corrected chi connectivity index (χ0v) is 5.98. The van der Waals surface area contributed by atoms with E-state index in [4.69, 9.17) is 10.5 Å². The van der Waals surface area contributed by atoms with Crippen molar-refractivity contribution in [3.63, 3.8) is 0 Å².